The van der Waals surface area contributed by atoms with Gasteiger partial charge in [0.2, 0.25) is 0 Å². The predicted octanol–water partition coefficient (Wildman–Crippen LogP) is -1.42. The van der Waals surface area contributed by atoms with Gasteiger partial charge in [-0.2, -0.15) is 4.98 Å². The van der Waals surface area contributed by atoms with Crippen molar-refractivity contribution in [1.29, 1.82) is 0 Å². The van der Waals surface area contributed by atoms with Crippen LogP contribution >= 0.6 is 11.8 Å². The molecule has 90 valence electrons. The maximum absolute atomic E-state index is 11.4. The first-order chi connectivity index (χ1) is 7.20. The van der Waals surface area contributed by atoms with Crippen molar-refractivity contribution in [3.8, 4) is 0 Å². The molecular weight excluding hydrogens is 234 g/mol. The normalized spacial score (nSPS) is 24.1. The maximum Gasteiger partial charge on any atom is 0.351 e. The van der Waals surface area contributed by atoms with E-state index in [2.05, 4.69) is 4.98 Å². The SMILES string of the molecule is Nc1ccn(C2CSC(CO)O2)c(=O)n1.O. The van der Waals surface area contributed by atoms with E-state index in [9.17, 15) is 4.79 Å². The van der Waals surface area contributed by atoms with Crippen LogP contribution in [0.3, 0.4) is 0 Å². The number of aliphatic hydroxyl groups excluding tert-OH is 1. The number of thioether (sulfide) groups is 1. The zero-order valence-electron chi connectivity index (χ0n) is 8.37. The summed E-state index contributed by atoms with van der Waals surface area (Å²) in [5, 5.41) is 8.88. The summed E-state index contributed by atoms with van der Waals surface area (Å²) in [6.45, 7) is -0.0572. The number of nitrogen functional groups attached to an aromatic ring is 1. The smallest absolute Gasteiger partial charge is 0.351 e. The Kier molecular flexibility index (Phi) is 4.30. The van der Waals surface area contributed by atoms with Gasteiger partial charge >= 0.3 is 5.69 Å². The van der Waals surface area contributed by atoms with Gasteiger partial charge in [0.15, 0.2) is 0 Å². The largest absolute Gasteiger partial charge is 0.412 e. The van der Waals surface area contributed by atoms with E-state index in [-0.39, 0.29) is 29.6 Å². The molecule has 0 saturated carbocycles. The number of hydrogen-bond donors (Lipinski definition) is 2. The van der Waals surface area contributed by atoms with E-state index in [1.54, 1.807) is 12.3 Å². The summed E-state index contributed by atoms with van der Waals surface area (Å²) in [5.41, 5.74) is 4.67. The number of aliphatic hydroxyl groups is 1. The molecule has 2 unspecified atom stereocenters. The molecule has 0 radical (unpaired) electrons. The van der Waals surface area contributed by atoms with Crippen LogP contribution in [0.15, 0.2) is 17.1 Å². The molecule has 1 saturated heterocycles. The molecule has 0 aromatic carbocycles. The molecule has 1 aromatic rings. The summed E-state index contributed by atoms with van der Waals surface area (Å²) in [6.07, 6.45) is 1.18. The lowest BCUT2D eigenvalue weighted by atomic mass is 10.5. The third kappa shape index (κ3) is 2.53. The second-order valence-electron chi connectivity index (χ2n) is 3.08. The van der Waals surface area contributed by atoms with Gasteiger partial charge in [-0.15, -0.1) is 11.8 Å². The summed E-state index contributed by atoms with van der Waals surface area (Å²) < 4.78 is 6.79. The van der Waals surface area contributed by atoms with Crippen molar-refractivity contribution in [1.82, 2.24) is 9.55 Å². The fourth-order valence-corrected chi connectivity index (χ4v) is 2.26. The van der Waals surface area contributed by atoms with Gasteiger partial charge < -0.3 is 21.1 Å². The fraction of sp³-hybridized carbons (Fsp3) is 0.500. The fourth-order valence-electron chi connectivity index (χ4n) is 1.33. The molecule has 2 heterocycles. The molecule has 7 nitrogen and oxygen atoms in total. The van der Waals surface area contributed by atoms with Crippen molar-refractivity contribution >= 4 is 17.6 Å². The van der Waals surface area contributed by atoms with Crippen LogP contribution < -0.4 is 11.4 Å². The highest BCUT2D eigenvalue weighted by atomic mass is 32.2. The molecule has 0 amide bonds. The van der Waals surface area contributed by atoms with E-state index in [0.29, 0.717) is 5.75 Å². The number of anilines is 1. The number of nitrogens with two attached hydrogens (primary N) is 1. The molecule has 0 aliphatic carbocycles. The van der Waals surface area contributed by atoms with Gasteiger partial charge in [-0.3, -0.25) is 4.57 Å². The van der Waals surface area contributed by atoms with E-state index >= 15 is 0 Å². The standard InChI is InChI=1S/C8H11N3O3S.H2O/c9-5-1-2-11(8(13)10-5)6-4-15-7(3-12)14-6;/h1-2,6-7,12H,3-4H2,(H2,9,10,13);1H2. The second kappa shape index (κ2) is 5.30. The molecular formula is C8H13N3O4S. The lowest BCUT2D eigenvalue weighted by Crippen LogP contribution is -2.28. The number of nitrogens with zero attached hydrogens (tertiary/aromatic N) is 2. The highest BCUT2D eigenvalue weighted by molar-refractivity contribution is 8.00. The first-order valence-corrected chi connectivity index (χ1v) is 5.48. The van der Waals surface area contributed by atoms with Crippen LogP contribution in [0.5, 0.6) is 0 Å². The Labute approximate surface area is 95.5 Å². The summed E-state index contributed by atoms with van der Waals surface area (Å²) in [6, 6.07) is 1.54. The van der Waals surface area contributed by atoms with Gasteiger partial charge in [0.1, 0.15) is 17.5 Å². The Morgan fingerprint density at radius 2 is 2.50 bits per heavy atom. The van der Waals surface area contributed by atoms with Gasteiger partial charge in [0.25, 0.3) is 0 Å². The summed E-state index contributed by atoms with van der Waals surface area (Å²) >= 11 is 1.47. The minimum Gasteiger partial charge on any atom is -0.412 e. The molecule has 2 rings (SSSR count). The lowest BCUT2D eigenvalue weighted by Gasteiger charge is -2.13. The zero-order chi connectivity index (χ0) is 10.8. The van der Waals surface area contributed by atoms with Gasteiger partial charge in [-0.05, 0) is 6.07 Å². The van der Waals surface area contributed by atoms with Crippen molar-refractivity contribution in [3.63, 3.8) is 0 Å². The number of ether oxygens (including phenoxy) is 1. The number of aromatic nitrogens is 2. The summed E-state index contributed by atoms with van der Waals surface area (Å²) in [4.78, 5) is 15.0. The number of rotatable bonds is 2. The Balaban J connectivity index is 0.00000128. The van der Waals surface area contributed by atoms with E-state index in [1.807, 2.05) is 0 Å². The topological polar surface area (TPSA) is 122 Å². The number of hydrogen-bond acceptors (Lipinski definition) is 6. The van der Waals surface area contributed by atoms with Crippen molar-refractivity contribution in [2.75, 3.05) is 18.1 Å². The van der Waals surface area contributed by atoms with Gasteiger partial charge in [-0.1, -0.05) is 0 Å². The van der Waals surface area contributed by atoms with Crippen molar-refractivity contribution < 1.29 is 15.3 Å². The highest BCUT2D eigenvalue weighted by Gasteiger charge is 2.27. The maximum atomic E-state index is 11.4. The molecule has 0 spiro atoms. The Morgan fingerprint density at radius 3 is 3.06 bits per heavy atom. The van der Waals surface area contributed by atoms with E-state index in [4.69, 9.17) is 15.6 Å². The van der Waals surface area contributed by atoms with E-state index < -0.39 is 5.69 Å². The monoisotopic (exact) mass is 247 g/mol. The van der Waals surface area contributed by atoms with Gasteiger partial charge in [0, 0.05) is 11.9 Å². The van der Waals surface area contributed by atoms with Crippen LogP contribution in [0.1, 0.15) is 6.23 Å². The predicted molar refractivity (Wildman–Crippen MR) is 60.0 cm³/mol. The van der Waals surface area contributed by atoms with Crippen LogP contribution in [-0.4, -0.2) is 37.9 Å². The molecule has 1 fully saturated rings. The minimum absolute atomic E-state index is 0. The van der Waals surface area contributed by atoms with Crippen LogP contribution in [-0.2, 0) is 4.74 Å². The Bertz CT molecular complexity index is 411. The van der Waals surface area contributed by atoms with Crippen LogP contribution in [0, 0.1) is 0 Å². The molecule has 2 atom stereocenters. The Morgan fingerprint density at radius 1 is 1.75 bits per heavy atom. The zero-order valence-corrected chi connectivity index (χ0v) is 9.18. The third-order valence-corrected chi connectivity index (χ3v) is 3.15. The van der Waals surface area contributed by atoms with Crippen molar-refractivity contribution in [2.24, 2.45) is 0 Å². The quantitative estimate of drug-likeness (QED) is 0.661. The molecule has 8 heteroatoms. The molecule has 1 aromatic heterocycles. The molecule has 1 aliphatic rings. The van der Waals surface area contributed by atoms with Gasteiger partial charge in [-0.25, -0.2) is 4.79 Å². The first kappa shape index (κ1) is 13.0. The van der Waals surface area contributed by atoms with Crippen LogP contribution in [0.2, 0.25) is 0 Å². The van der Waals surface area contributed by atoms with E-state index in [1.165, 1.54) is 16.3 Å². The average Bonchev–Trinajstić information content (AvgIpc) is 2.66. The second-order valence-corrected chi connectivity index (χ2v) is 4.27. The lowest BCUT2D eigenvalue weighted by molar-refractivity contribution is -0.00629. The Hall–Kier alpha value is -1.09. The third-order valence-electron chi connectivity index (χ3n) is 2.04. The molecule has 0 bridgehead atoms. The van der Waals surface area contributed by atoms with Crippen LogP contribution in [0.4, 0.5) is 5.82 Å². The van der Waals surface area contributed by atoms with Crippen LogP contribution in [0.25, 0.3) is 0 Å². The van der Waals surface area contributed by atoms with E-state index in [0.717, 1.165) is 0 Å². The first-order valence-electron chi connectivity index (χ1n) is 4.43. The molecule has 16 heavy (non-hydrogen) atoms. The summed E-state index contributed by atoms with van der Waals surface area (Å²) in [7, 11) is 0. The van der Waals surface area contributed by atoms with Crippen molar-refractivity contribution in [3.05, 3.63) is 22.7 Å². The summed E-state index contributed by atoms with van der Waals surface area (Å²) in [5.74, 6) is 0.817. The minimum atomic E-state index is -0.431. The van der Waals surface area contributed by atoms with Gasteiger partial charge in [0.05, 0.1) is 6.61 Å². The molecule has 1 aliphatic heterocycles. The average molecular weight is 247 g/mol. The highest BCUT2D eigenvalue weighted by Crippen LogP contribution is 2.30. The van der Waals surface area contributed by atoms with Crippen molar-refractivity contribution in [2.45, 2.75) is 11.7 Å². The molecule has 5 N–H and O–H groups in total.